The first-order chi connectivity index (χ1) is 17.3. The fourth-order valence-electron chi connectivity index (χ4n) is 4.51. The highest BCUT2D eigenvalue weighted by Gasteiger charge is 2.21. The summed E-state index contributed by atoms with van der Waals surface area (Å²) in [4.78, 5) is 29.9. The average Bonchev–Trinajstić information content (AvgIpc) is 3.21. The van der Waals surface area contributed by atoms with Gasteiger partial charge in [-0.25, -0.2) is 9.78 Å². The standard InChI is InChI=1S/C28H26N4O4/c1-15-12-19(17(3)30-21-11-10-16(2)29-26(21)28(34)35-5)27-20(13-15)23(33)14-24(36-27)25-18-8-6-7-9-22(18)32(4)31-25/h6-14,17,30H,1-5H3. The van der Waals surface area contributed by atoms with Gasteiger partial charge in [0.05, 0.1) is 29.7 Å². The van der Waals surface area contributed by atoms with E-state index in [2.05, 4.69) is 15.4 Å². The molecule has 2 aromatic carbocycles. The fourth-order valence-corrected chi connectivity index (χ4v) is 4.51. The molecule has 0 spiro atoms. The normalized spacial score (nSPS) is 12.1. The van der Waals surface area contributed by atoms with Crippen molar-refractivity contribution in [3.63, 3.8) is 0 Å². The number of para-hydroxylation sites is 1. The molecule has 0 fully saturated rings. The summed E-state index contributed by atoms with van der Waals surface area (Å²) >= 11 is 0. The molecule has 8 nitrogen and oxygen atoms in total. The molecule has 0 aliphatic heterocycles. The molecule has 0 aliphatic carbocycles. The number of aromatic nitrogens is 3. The number of carbonyl (C=O) groups is 1. The Hall–Kier alpha value is -4.46. The third-order valence-electron chi connectivity index (χ3n) is 6.24. The number of pyridine rings is 1. The van der Waals surface area contributed by atoms with Gasteiger partial charge in [0.2, 0.25) is 0 Å². The van der Waals surface area contributed by atoms with Crippen molar-refractivity contribution >= 4 is 33.5 Å². The average molecular weight is 483 g/mol. The lowest BCUT2D eigenvalue weighted by Gasteiger charge is -2.19. The predicted octanol–water partition coefficient (Wildman–Crippen LogP) is 5.32. The third kappa shape index (κ3) is 4.00. The smallest absolute Gasteiger partial charge is 0.358 e. The van der Waals surface area contributed by atoms with Crippen LogP contribution in [-0.4, -0.2) is 27.8 Å². The molecule has 0 saturated heterocycles. The summed E-state index contributed by atoms with van der Waals surface area (Å²) < 4.78 is 13.1. The van der Waals surface area contributed by atoms with Crippen molar-refractivity contribution in [3.8, 4) is 11.5 Å². The van der Waals surface area contributed by atoms with Gasteiger partial charge in [0.25, 0.3) is 0 Å². The van der Waals surface area contributed by atoms with E-state index in [0.717, 1.165) is 22.0 Å². The van der Waals surface area contributed by atoms with E-state index < -0.39 is 5.97 Å². The van der Waals surface area contributed by atoms with Gasteiger partial charge in [0.15, 0.2) is 16.9 Å². The van der Waals surface area contributed by atoms with Crippen LogP contribution in [0.4, 0.5) is 5.69 Å². The van der Waals surface area contributed by atoms with Crippen molar-refractivity contribution in [2.45, 2.75) is 26.8 Å². The highest BCUT2D eigenvalue weighted by molar-refractivity contribution is 5.94. The number of fused-ring (bicyclic) bond motifs is 2. The summed E-state index contributed by atoms with van der Waals surface area (Å²) in [6, 6.07) is 16.4. The Morgan fingerprint density at radius 2 is 1.86 bits per heavy atom. The quantitative estimate of drug-likeness (QED) is 0.339. The number of aryl methyl sites for hydroxylation is 3. The second-order valence-electron chi connectivity index (χ2n) is 8.90. The molecule has 8 heteroatoms. The molecule has 0 aliphatic rings. The van der Waals surface area contributed by atoms with Gasteiger partial charge in [0, 0.05) is 29.8 Å². The van der Waals surface area contributed by atoms with Crippen molar-refractivity contribution in [1.82, 2.24) is 14.8 Å². The highest BCUT2D eigenvalue weighted by atomic mass is 16.5. The van der Waals surface area contributed by atoms with E-state index in [-0.39, 0.29) is 17.2 Å². The molecule has 1 atom stereocenters. The Morgan fingerprint density at radius 3 is 2.64 bits per heavy atom. The Kier molecular flexibility index (Phi) is 5.80. The number of carbonyl (C=O) groups excluding carboxylic acids is 1. The molecule has 3 aromatic heterocycles. The lowest BCUT2D eigenvalue weighted by Crippen LogP contribution is -2.15. The maximum atomic E-state index is 13.2. The number of rotatable bonds is 5. The molecule has 3 heterocycles. The Balaban J connectivity index is 1.66. The Morgan fingerprint density at radius 1 is 1.08 bits per heavy atom. The molecule has 36 heavy (non-hydrogen) atoms. The van der Waals surface area contributed by atoms with E-state index in [1.54, 1.807) is 10.7 Å². The molecule has 0 saturated carbocycles. The number of hydrogen-bond donors (Lipinski definition) is 1. The van der Waals surface area contributed by atoms with Gasteiger partial charge in [-0.2, -0.15) is 5.10 Å². The summed E-state index contributed by atoms with van der Waals surface area (Å²) in [5.74, 6) is -0.132. The van der Waals surface area contributed by atoms with E-state index in [4.69, 9.17) is 9.15 Å². The zero-order chi connectivity index (χ0) is 25.6. The largest absolute Gasteiger partial charge is 0.464 e. The first-order valence-electron chi connectivity index (χ1n) is 11.6. The summed E-state index contributed by atoms with van der Waals surface area (Å²) in [5.41, 5.74) is 5.00. The van der Waals surface area contributed by atoms with Gasteiger partial charge in [-0.1, -0.05) is 24.3 Å². The van der Waals surface area contributed by atoms with Crippen molar-refractivity contribution in [3.05, 3.63) is 87.3 Å². The van der Waals surface area contributed by atoms with Crippen LogP contribution in [0.25, 0.3) is 33.3 Å². The van der Waals surface area contributed by atoms with Gasteiger partial charge in [-0.15, -0.1) is 0 Å². The minimum atomic E-state index is -0.529. The molecular formula is C28H26N4O4. The molecule has 1 unspecified atom stereocenters. The lowest BCUT2D eigenvalue weighted by atomic mass is 10.0. The van der Waals surface area contributed by atoms with Crippen molar-refractivity contribution in [2.24, 2.45) is 7.05 Å². The second kappa shape index (κ2) is 8.96. The molecule has 5 rings (SSSR count). The summed E-state index contributed by atoms with van der Waals surface area (Å²) in [6.07, 6.45) is 0. The minimum Gasteiger partial charge on any atom is -0.464 e. The van der Waals surface area contributed by atoms with Crippen LogP contribution >= 0.6 is 0 Å². The summed E-state index contributed by atoms with van der Waals surface area (Å²) in [7, 11) is 3.19. The van der Waals surface area contributed by atoms with Crippen LogP contribution < -0.4 is 10.7 Å². The molecule has 0 amide bonds. The van der Waals surface area contributed by atoms with Crippen molar-refractivity contribution in [2.75, 3.05) is 12.4 Å². The highest BCUT2D eigenvalue weighted by Crippen LogP contribution is 2.33. The van der Waals surface area contributed by atoms with Crippen LogP contribution in [-0.2, 0) is 11.8 Å². The number of methoxy groups -OCH3 is 1. The minimum absolute atomic E-state index is 0.148. The van der Waals surface area contributed by atoms with Crippen LogP contribution in [0.15, 0.2) is 63.8 Å². The number of benzene rings is 2. The van der Waals surface area contributed by atoms with Crippen molar-refractivity contribution < 1.29 is 13.9 Å². The summed E-state index contributed by atoms with van der Waals surface area (Å²) in [5, 5.41) is 9.36. The molecule has 0 radical (unpaired) electrons. The number of nitrogens with zero attached hydrogens (tertiary/aromatic N) is 3. The van der Waals surface area contributed by atoms with E-state index in [1.807, 2.05) is 70.3 Å². The molecular weight excluding hydrogens is 456 g/mol. The Labute approximate surface area is 207 Å². The molecule has 0 bridgehead atoms. The second-order valence-corrected chi connectivity index (χ2v) is 8.90. The van der Waals surface area contributed by atoms with E-state index in [1.165, 1.54) is 13.2 Å². The van der Waals surface area contributed by atoms with Gasteiger partial charge >= 0.3 is 5.97 Å². The number of esters is 1. The van der Waals surface area contributed by atoms with E-state index in [0.29, 0.717) is 33.8 Å². The zero-order valence-corrected chi connectivity index (χ0v) is 20.7. The van der Waals surface area contributed by atoms with E-state index in [9.17, 15) is 9.59 Å². The first-order valence-corrected chi connectivity index (χ1v) is 11.6. The van der Waals surface area contributed by atoms with Crippen LogP contribution in [0.2, 0.25) is 0 Å². The van der Waals surface area contributed by atoms with Crippen LogP contribution in [0, 0.1) is 13.8 Å². The SMILES string of the molecule is COC(=O)c1nc(C)ccc1NC(C)c1cc(C)cc2c(=O)cc(-c3nn(C)c4ccccc34)oc12. The number of hydrogen-bond acceptors (Lipinski definition) is 7. The third-order valence-corrected chi connectivity index (χ3v) is 6.24. The Bertz CT molecular complexity index is 1700. The maximum absolute atomic E-state index is 13.2. The topological polar surface area (TPSA) is 99.2 Å². The van der Waals surface area contributed by atoms with Crippen LogP contribution in [0.5, 0.6) is 0 Å². The summed E-state index contributed by atoms with van der Waals surface area (Å²) in [6.45, 7) is 5.69. The van der Waals surface area contributed by atoms with Gasteiger partial charge in [-0.05, 0) is 50.6 Å². The number of nitrogens with one attached hydrogen (secondary N) is 1. The number of ether oxygens (including phenoxy) is 1. The fraction of sp³-hybridized carbons (Fsp3) is 0.214. The van der Waals surface area contributed by atoms with Gasteiger partial charge in [-0.3, -0.25) is 9.48 Å². The maximum Gasteiger partial charge on any atom is 0.358 e. The lowest BCUT2D eigenvalue weighted by molar-refractivity contribution is 0.0595. The molecule has 1 N–H and O–H groups in total. The van der Waals surface area contributed by atoms with Crippen molar-refractivity contribution in [1.29, 1.82) is 0 Å². The molecule has 5 aromatic rings. The van der Waals surface area contributed by atoms with Crippen LogP contribution in [0.3, 0.4) is 0 Å². The zero-order valence-electron chi connectivity index (χ0n) is 20.7. The van der Waals surface area contributed by atoms with E-state index >= 15 is 0 Å². The predicted molar refractivity (Wildman–Crippen MR) is 139 cm³/mol. The first kappa shape index (κ1) is 23.3. The van der Waals surface area contributed by atoms with Crippen LogP contribution in [0.1, 0.15) is 40.3 Å². The molecule has 182 valence electrons. The van der Waals surface area contributed by atoms with Gasteiger partial charge in [0.1, 0.15) is 11.3 Å². The van der Waals surface area contributed by atoms with Gasteiger partial charge < -0.3 is 14.5 Å². The monoisotopic (exact) mass is 482 g/mol. The number of anilines is 1.